The number of hydrogen-bond donors (Lipinski definition) is 2. The third-order valence-corrected chi connectivity index (χ3v) is 6.50. The van der Waals surface area contributed by atoms with Gasteiger partial charge in [0.2, 0.25) is 6.79 Å². The molecule has 2 N–H and O–H groups in total. The molecular weight excluding hydrogens is 388 g/mol. The van der Waals surface area contributed by atoms with E-state index in [4.69, 9.17) is 19.2 Å². The minimum absolute atomic E-state index is 0.129. The predicted octanol–water partition coefficient (Wildman–Crippen LogP) is 1.62. The number of carbonyl (C=O) groups is 1. The van der Waals surface area contributed by atoms with Crippen LogP contribution in [0.15, 0.2) is 29.4 Å². The summed E-state index contributed by atoms with van der Waals surface area (Å²) in [7, 11) is 0. The van der Waals surface area contributed by atoms with E-state index in [2.05, 4.69) is 4.90 Å². The van der Waals surface area contributed by atoms with Crippen LogP contribution in [-0.2, 0) is 22.7 Å². The highest BCUT2D eigenvalue weighted by Gasteiger charge is 2.47. The Balaban J connectivity index is 1.56. The maximum Gasteiger partial charge on any atom is 0.343 e. The van der Waals surface area contributed by atoms with Crippen LogP contribution in [0.2, 0.25) is 0 Å². The van der Waals surface area contributed by atoms with Gasteiger partial charge in [0, 0.05) is 35.7 Å². The molecule has 6 rings (SSSR count). The number of carbonyl (C=O) groups excluding carboxylic acids is 1. The molecule has 0 unspecified atom stereocenters. The van der Waals surface area contributed by atoms with E-state index >= 15 is 0 Å². The monoisotopic (exact) mass is 408 g/mol. The van der Waals surface area contributed by atoms with Crippen LogP contribution in [0, 0.1) is 0 Å². The molecule has 0 amide bonds. The summed E-state index contributed by atoms with van der Waals surface area (Å²) in [5.41, 5.74) is 3.93. The lowest BCUT2D eigenvalue weighted by molar-refractivity contribution is -0.163. The molecule has 8 heteroatoms. The van der Waals surface area contributed by atoms with Gasteiger partial charge in [0.05, 0.1) is 23.5 Å². The second-order valence-corrected chi connectivity index (χ2v) is 7.99. The average Bonchev–Trinajstić information content (AvgIpc) is 3.35. The quantitative estimate of drug-likeness (QED) is 0.723. The van der Waals surface area contributed by atoms with Crippen molar-refractivity contribution in [2.45, 2.75) is 32.1 Å². The fourth-order valence-corrected chi connectivity index (χ4v) is 4.85. The van der Waals surface area contributed by atoms with Crippen molar-refractivity contribution >= 4 is 22.6 Å². The van der Waals surface area contributed by atoms with Gasteiger partial charge < -0.3 is 29.3 Å². The van der Waals surface area contributed by atoms with Gasteiger partial charge >= 0.3 is 5.97 Å². The molecule has 4 aliphatic rings. The van der Waals surface area contributed by atoms with Gasteiger partial charge in [-0.15, -0.1) is 0 Å². The smallest absolute Gasteiger partial charge is 0.343 e. The van der Waals surface area contributed by atoms with Crippen LogP contribution in [0.1, 0.15) is 30.2 Å². The van der Waals surface area contributed by atoms with E-state index in [1.54, 1.807) is 6.92 Å². The van der Waals surface area contributed by atoms with Crippen LogP contribution in [0.3, 0.4) is 0 Å². The maximum atomic E-state index is 12.3. The number of aliphatic hydroxyl groups is 2. The molecule has 0 saturated carbocycles. The van der Waals surface area contributed by atoms with Crippen molar-refractivity contribution in [2.75, 3.05) is 19.9 Å². The molecular formula is C22H20N2O6. The highest BCUT2D eigenvalue weighted by Crippen LogP contribution is 2.45. The van der Waals surface area contributed by atoms with Crippen LogP contribution in [0.25, 0.3) is 16.6 Å². The van der Waals surface area contributed by atoms with E-state index in [9.17, 15) is 15.0 Å². The zero-order chi connectivity index (χ0) is 20.6. The molecule has 1 atom stereocenters. The highest BCUT2D eigenvalue weighted by molar-refractivity contribution is 5.92. The molecule has 154 valence electrons. The molecule has 1 aromatic carbocycles. The molecule has 0 saturated heterocycles. The van der Waals surface area contributed by atoms with Crippen molar-refractivity contribution in [3.05, 3.63) is 46.2 Å². The molecule has 30 heavy (non-hydrogen) atoms. The molecule has 0 radical (unpaired) electrons. The van der Waals surface area contributed by atoms with Gasteiger partial charge in [0.25, 0.3) is 0 Å². The van der Waals surface area contributed by atoms with Crippen LogP contribution in [-0.4, -0.2) is 51.6 Å². The Labute approximate surface area is 172 Å². The zero-order valence-electron chi connectivity index (χ0n) is 16.4. The minimum atomic E-state index is -1.64. The number of pyridine rings is 1. The van der Waals surface area contributed by atoms with E-state index < -0.39 is 11.6 Å². The molecule has 4 aliphatic heterocycles. The zero-order valence-corrected chi connectivity index (χ0v) is 16.4. The number of nitrogens with zero attached hydrogens (tertiary/aromatic N) is 2. The van der Waals surface area contributed by atoms with Crippen molar-refractivity contribution in [2.24, 2.45) is 0 Å². The largest absolute Gasteiger partial charge is 0.459 e. The molecule has 5 heterocycles. The minimum Gasteiger partial charge on any atom is -0.459 e. The number of hydrogen-bond acceptors (Lipinski definition) is 8. The van der Waals surface area contributed by atoms with Crippen molar-refractivity contribution in [3.63, 3.8) is 0 Å². The number of ether oxygens (including phenoxy) is 3. The van der Waals surface area contributed by atoms with E-state index in [0.29, 0.717) is 35.7 Å². The first kappa shape index (κ1) is 17.7. The van der Waals surface area contributed by atoms with Gasteiger partial charge in [-0.1, -0.05) is 6.92 Å². The summed E-state index contributed by atoms with van der Waals surface area (Å²) in [5, 5.41) is 22.0. The van der Waals surface area contributed by atoms with Crippen LogP contribution >= 0.6 is 0 Å². The first-order valence-corrected chi connectivity index (χ1v) is 9.98. The van der Waals surface area contributed by atoms with E-state index in [-0.39, 0.29) is 26.4 Å². The Hall–Kier alpha value is -3.10. The van der Waals surface area contributed by atoms with Crippen molar-refractivity contribution < 1.29 is 29.2 Å². The van der Waals surface area contributed by atoms with Crippen molar-refractivity contribution in [1.82, 2.24) is 9.88 Å². The number of fused-ring (bicyclic) bond motifs is 5. The Kier molecular flexibility index (Phi) is 3.52. The molecule has 0 aliphatic carbocycles. The second-order valence-electron chi connectivity index (χ2n) is 7.99. The van der Waals surface area contributed by atoms with Gasteiger partial charge in [-0.05, 0) is 29.7 Å². The number of aliphatic hydroxyl groups excluding tert-OH is 1. The lowest BCUT2D eigenvalue weighted by Crippen LogP contribution is -2.47. The normalized spacial score (nSPS) is 23.9. The summed E-state index contributed by atoms with van der Waals surface area (Å²) < 4.78 is 16.2. The van der Waals surface area contributed by atoms with E-state index in [0.717, 1.165) is 33.5 Å². The molecule has 0 spiro atoms. The van der Waals surface area contributed by atoms with Crippen molar-refractivity contribution in [3.8, 4) is 11.5 Å². The lowest BCUT2D eigenvalue weighted by atomic mass is 9.83. The number of benzene rings is 1. The fourth-order valence-electron chi connectivity index (χ4n) is 4.85. The number of cyclic esters (lactones) is 1. The summed E-state index contributed by atoms with van der Waals surface area (Å²) in [6.45, 7) is 3.11. The predicted molar refractivity (Wildman–Crippen MR) is 105 cm³/mol. The fraction of sp³-hybridized carbons (Fsp3) is 0.364. The van der Waals surface area contributed by atoms with Gasteiger partial charge in [0.1, 0.15) is 6.61 Å². The second kappa shape index (κ2) is 5.96. The topological polar surface area (TPSA) is 101 Å². The Morgan fingerprint density at radius 2 is 2.00 bits per heavy atom. The highest BCUT2D eigenvalue weighted by atomic mass is 16.7. The van der Waals surface area contributed by atoms with E-state index in [1.807, 2.05) is 18.2 Å². The standard InChI is InChI=1S/C22H20N2O6/c1-2-22(27)15-4-17-20-13(7-24(17)6-11(15)9-28-21(22)26)14(8-25)12-3-18-19(30-10-29-18)5-16(12)23-20/h3-5,25,27H,2,6-10H2,1H3/t22-/m0/s1. The summed E-state index contributed by atoms with van der Waals surface area (Å²) in [5.74, 6) is 0.670. The maximum absolute atomic E-state index is 12.3. The summed E-state index contributed by atoms with van der Waals surface area (Å²) >= 11 is 0. The molecule has 0 fully saturated rings. The van der Waals surface area contributed by atoms with Crippen molar-refractivity contribution in [1.29, 1.82) is 0 Å². The first-order chi connectivity index (χ1) is 14.5. The average molecular weight is 408 g/mol. The third kappa shape index (κ3) is 2.17. The molecule has 0 bridgehead atoms. The van der Waals surface area contributed by atoms with Gasteiger partial charge in [-0.25, -0.2) is 9.78 Å². The number of esters is 1. The Morgan fingerprint density at radius 3 is 2.77 bits per heavy atom. The Bertz CT molecular complexity index is 1200. The van der Waals surface area contributed by atoms with E-state index in [1.165, 1.54) is 0 Å². The molecule has 2 aromatic rings. The summed E-state index contributed by atoms with van der Waals surface area (Å²) in [6, 6.07) is 3.70. The Morgan fingerprint density at radius 1 is 1.20 bits per heavy atom. The first-order valence-electron chi connectivity index (χ1n) is 9.98. The van der Waals surface area contributed by atoms with Crippen LogP contribution < -0.4 is 9.47 Å². The molecule has 8 nitrogen and oxygen atoms in total. The third-order valence-electron chi connectivity index (χ3n) is 6.50. The van der Waals surface area contributed by atoms with Crippen LogP contribution in [0.4, 0.5) is 0 Å². The number of rotatable bonds is 2. The van der Waals surface area contributed by atoms with Gasteiger partial charge in [-0.3, -0.25) is 0 Å². The van der Waals surface area contributed by atoms with Gasteiger partial charge in [-0.2, -0.15) is 0 Å². The summed E-state index contributed by atoms with van der Waals surface area (Å²) in [6.07, 6.45) is 2.10. The number of aromatic nitrogens is 1. The molecule has 1 aromatic heterocycles. The SMILES string of the molecule is CC[C@@]1(O)C(=O)OCC2=C1C=C1c3nc4cc5c(cc4c(CO)c3CN1C2)OCO5. The lowest BCUT2D eigenvalue weighted by Gasteiger charge is -2.37. The van der Waals surface area contributed by atoms with Gasteiger partial charge in [0.15, 0.2) is 17.1 Å². The summed E-state index contributed by atoms with van der Waals surface area (Å²) in [4.78, 5) is 19.3. The van der Waals surface area contributed by atoms with Crippen LogP contribution in [0.5, 0.6) is 11.5 Å².